The van der Waals surface area contributed by atoms with E-state index >= 15 is 0 Å². The Hall–Kier alpha value is -1.33. The highest BCUT2D eigenvalue weighted by atomic mass is 15.3. The lowest BCUT2D eigenvalue weighted by molar-refractivity contribution is 0.199. The van der Waals surface area contributed by atoms with Gasteiger partial charge in [0.05, 0.1) is 0 Å². The van der Waals surface area contributed by atoms with E-state index in [0.717, 1.165) is 26.2 Å². The van der Waals surface area contributed by atoms with Crippen LogP contribution in [0.15, 0.2) is 18.3 Å². The second-order valence-corrected chi connectivity index (χ2v) is 4.47. The number of nitrogens with one attached hydrogen (secondary N) is 1. The van der Waals surface area contributed by atoms with E-state index in [9.17, 15) is 0 Å². The molecule has 0 radical (unpaired) electrons. The summed E-state index contributed by atoms with van der Waals surface area (Å²) in [5.41, 5.74) is 3.78. The minimum absolute atomic E-state index is 0.594. The largest absolute Gasteiger partial charge is 0.369 e. The van der Waals surface area contributed by atoms with Crippen molar-refractivity contribution in [3.63, 3.8) is 0 Å². The van der Waals surface area contributed by atoms with Gasteiger partial charge < -0.3 is 10.3 Å². The van der Waals surface area contributed by atoms with Crippen molar-refractivity contribution >= 4 is 11.5 Å². The fourth-order valence-electron chi connectivity index (χ4n) is 2.39. The zero-order valence-corrected chi connectivity index (χ0v) is 10.6. The summed E-state index contributed by atoms with van der Waals surface area (Å²) in [6.45, 7) is 8.86. The number of pyridine rings is 1. The van der Waals surface area contributed by atoms with Gasteiger partial charge in [-0.25, -0.2) is 10.8 Å². The van der Waals surface area contributed by atoms with Crippen LogP contribution in [0.4, 0.5) is 11.5 Å². The number of nitrogens with zero attached hydrogens (tertiary/aromatic N) is 3. The SMILES string of the molecule is CCN1CCN(c2ccnc(NN)c2)CC1C. The van der Waals surface area contributed by atoms with E-state index in [2.05, 4.69) is 34.1 Å². The quantitative estimate of drug-likeness (QED) is 0.602. The Morgan fingerprint density at radius 2 is 2.35 bits per heavy atom. The molecule has 0 saturated carbocycles. The monoisotopic (exact) mass is 235 g/mol. The Labute approximate surface area is 103 Å². The fourth-order valence-corrected chi connectivity index (χ4v) is 2.39. The van der Waals surface area contributed by atoms with Gasteiger partial charge in [-0.15, -0.1) is 0 Å². The Morgan fingerprint density at radius 1 is 1.53 bits per heavy atom. The van der Waals surface area contributed by atoms with Crippen LogP contribution in [0.5, 0.6) is 0 Å². The summed E-state index contributed by atoms with van der Waals surface area (Å²) in [6.07, 6.45) is 1.79. The van der Waals surface area contributed by atoms with Gasteiger partial charge >= 0.3 is 0 Å². The number of nitrogen functional groups attached to an aromatic ring is 1. The van der Waals surface area contributed by atoms with Gasteiger partial charge in [0.25, 0.3) is 0 Å². The van der Waals surface area contributed by atoms with E-state index in [-0.39, 0.29) is 0 Å². The van der Waals surface area contributed by atoms with Gasteiger partial charge in [0.2, 0.25) is 0 Å². The number of anilines is 2. The van der Waals surface area contributed by atoms with Crippen LogP contribution in [0.25, 0.3) is 0 Å². The first-order valence-corrected chi connectivity index (χ1v) is 6.16. The van der Waals surface area contributed by atoms with Crippen molar-refractivity contribution in [2.45, 2.75) is 19.9 Å². The molecule has 1 aromatic rings. The molecule has 5 nitrogen and oxygen atoms in total. The molecule has 0 spiro atoms. The standard InChI is InChI=1S/C12H21N5/c1-3-16-6-7-17(9-10(16)2)11-4-5-14-12(8-11)15-13/h4-5,8,10H,3,6-7,9,13H2,1-2H3,(H,14,15). The maximum Gasteiger partial charge on any atom is 0.141 e. The van der Waals surface area contributed by atoms with Gasteiger partial charge in [-0.05, 0) is 19.5 Å². The van der Waals surface area contributed by atoms with Gasteiger partial charge in [-0.3, -0.25) is 4.90 Å². The van der Waals surface area contributed by atoms with Crippen LogP contribution in [-0.4, -0.2) is 42.1 Å². The number of piperazine rings is 1. The molecule has 1 aromatic heterocycles. The Balaban J connectivity index is 2.08. The number of rotatable bonds is 3. The van der Waals surface area contributed by atoms with E-state index in [0.29, 0.717) is 11.9 Å². The van der Waals surface area contributed by atoms with Crippen LogP contribution in [0, 0.1) is 0 Å². The number of likely N-dealkylation sites (N-methyl/N-ethyl adjacent to an activating group) is 1. The highest BCUT2D eigenvalue weighted by Gasteiger charge is 2.22. The number of aromatic nitrogens is 1. The topological polar surface area (TPSA) is 57.4 Å². The number of hydrogen-bond donors (Lipinski definition) is 2. The summed E-state index contributed by atoms with van der Waals surface area (Å²) in [5, 5.41) is 0. The average molecular weight is 235 g/mol. The van der Waals surface area contributed by atoms with E-state index in [1.54, 1.807) is 6.20 Å². The Kier molecular flexibility index (Phi) is 3.81. The second kappa shape index (κ2) is 5.33. The van der Waals surface area contributed by atoms with Gasteiger partial charge in [0, 0.05) is 43.6 Å². The van der Waals surface area contributed by atoms with Gasteiger partial charge in [0.15, 0.2) is 0 Å². The molecule has 3 N–H and O–H groups in total. The minimum atomic E-state index is 0.594. The molecule has 1 aliphatic rings. The molecule has 2 rings (SSSR count). The molecule has 1 unspecified atom stereocenters. The average Bonchev–Trinajstić information content (AvgIpc) is 2.38. The molecule has 2 heterocycles. The van der Waals surface area contributed by atoms with Gasteiger partial charge in [-0.2, -0.15) is 0 Å². The summed E-state index contributed by atoms with van der Waals surface area (Å²) in [4.78, 5) is 9.02. The number of hydrogen-bond acceptors (Lipinski definition) is 5. The molecule has 0 bridgehead atoms. The van der Waals surface area contributed by atoms with Crippen LogP contribution in [0.1, 0.15) is 13.8 Å². The third-order valence-corrected chi connectivity index (χ3v) is 3.43. The van der Waals surface area contributed by atoms with Crippen LogP contribution >= 0.6 is 0 Å². The van der Waals surface area contributed by atoms with Crippen molar-refractivity contribution in [2.75, 3.05) is 36.5 Å². The molecule has 0 aliphatic carbocycles. The molecular weight excluding hydrogens is 214 g/mol. The van der Waals surface area contributed by atoms with Crippen molar-refractivity contribution in [1.29, 1.82) is 0 Å². The summed E-state index contributed by atoms with van der Waals surface area (Å²) >= 11 is 0. The van der Waals surface area contributed by atoms with Crippen molar-refractivity contribution in [3.8, 4) is 0 Å². The molecule has 0 aromatic carbocycles. The first-order valence-electron chi connectivity index (χ1n) is 6.16. The van der Waals surface area contributed by atoms with Crippen molar-refractivity contribution in [3.05, 3.63) is 18.3 Å². The van der Waals surface area contributed by atoms with Gasteiger partial charge in [0.1, 0.15) is 5.82 Å². The lowest BCUT2D eigenvalue weighted by Gasteiger charge is -2.40. The smallest absolute Gasteiger partial charge is 0.141 e. The van der Waals surface area contributed by atoms with Crippen LogP contribution < -0.4 is 16.2 Å². The van der Waals surface area contributed by atoms with Crippen molar-refractivity contribution in [1.82, 2.24) is 9.88 Å². The Morgan fingerprint density at radius 3 is 3.00 bits per heavy atom. The molecule has 1 atom stereocenters. The Bertz CT molecular complexity index is 368. The predicted octanol–water partition coefficient (Wildman–Crippen LogP) is 0.898. The molecule has 1 aliphatic heterocycles. The van der Waals surface area contributed by atoms with Gasteiger partial charge in [-0.1, -0.05) is 6.92 Å². The molecule has 17 heavy (non-hydrogen) atoms. The molecule has 94 valence electrons. The molecular formula is C12H21N5. The molecule has 5 heteroatoms. The summed E-state index contributed by atoms with van der Waals surface area (Å²) in [7, 11) is 0. The minimum Gasteiger partial charge on any atom is -0.369 e. The maximum atomic E-state index is 5.38. The van der Waals surface area contributed by atoms with E-state index in [1.807, 2.05) is 12.1 Å². The van der Waals surface area contributed by atoms with E-state index in [1.165, 1.54) is 5.69 Å². The lowest BCUT2D eigenvalue weighted by Crippen LogP contribution is -2.51. The third-order valence-electron chi connectivity index (χ3n) is 3.43. The predicted molar refractivity (Wildman–Crippen MR) is 71.0 cm³/mol. The lowest BCUT2D eigenvalue weighted by atomic mass is 10.1. The first kappa shape index (κ1) is 12.1. The van der Waals surface area contributed by atoms with Crippen molar-refractivity contribution in [2.24, 2.45) is 5.84 Å². The summed E-state index contributed by atoms with van der Waals surface area (Å²) in [5.74, 6) is 6.10. The summed E-state index contributed by atoms with van der Waals surface area (Å²) < 4.78 is 0. The molecule has 1 saturated heterocycles. The second-order valence-electron chi connectivity index (χ2n) is 4.47. The maximum absolute atomic E-state index is 5.38. The van der Waals surface area contributed by atoms with E-state index < -0.39 is 0 Å². The first-order chi connectivity index (χ1) is 8.24. The van der Waals surface area contributed by atoms with Crippen molar-refractivity contribution < 1.29 is 0 Å². The number of nitrogens with two attached hydrogens (primary N) is 1. The number of hydrazine groups is 1. The van der Waals surface area contributed by atoms with E-state index in [4.69, 9.17) is 5.84 Å². The van der Waals surface area contributed by atoms with Crippen LogP contribution in [0.2, 0.25) is 0 Å². The fraction of sp³-hybridized carbons (Fsp3) is 0.583. The zero-order chi connectivity index (χ0) is 12.3. The molecule has 1 fully saturated rings. The highest BCUT2D eigenvalue weighted by Crippen LogP contribution is 2.20. The zero-order valence-electron chi connectivity index (χ0n) is 10.6. The van der Waals surface area contributed by atoms with Crippen LogP contribution in [0.3, 0.4) is 0 Å². The normalized spacial score (nSPS) is 21.6. The van der Waals surface area contributed by atoms with Crippen LogP contribution in [-0.2, 0) is 0 Å². The molecule has 0 amide bonds. The summed E-state index contributed by atoms with van der Waals surface area (Å²) in [6, 6.07) is 4.62. The third kappa shape index (κ3) is 2.68. The highest BCUT2D eigenvalue weighted by molar-refractivity contribution is 5.53.